The van der Waals surface area contributed by atoms with E-state index in [0.717, 1.165) is 31.4 Å². The Hall–Kier alpha value is -2.52. The molecule has 6 nitrogen and oxygen atoms in total. The fourth-order valence-electron chi connectivity index (χ4n) is 3.67. The first-order valence-electron chi connectivity index (χ1n) is 8.66. The van der Waals surface area contributed by atoms with Crippen molar-refractivity contribution < 1.29 is 9.90 Å². The van der Waals surface area contributed by atoms with E-state index >= 15 is 0 Å². The Labute approximate surface area is 146 Å². The highest BCUT2D eigenvalue weighted by molar-refractivity contribution is 5.92. The molecule has 0 spiro atoms. The third kappa shape index (κ3) is 3.20. The summed E-state index contributed by atoms with van der Waals surface area (Å²) in [6, 6.07) is 5.21. The first-order valence-corrected chi connectivity index (χ1v) is 8.66. The summed E-state index contributed by atoms with van der Waals surface area (Å²) in [7, 11) is 0. The third-order valence-corrected chi connectivity index (χ3v) is 4.98. The van der Waals surface area contributed by atoms with Crippen LogP contribution in [0.1, 0.15) is 37.0 Å². The van der Waals surface area contributed by atoms with E-state index in [1.54, 1.807) is 34.3 Å². The highest BCUT2D eigenvalue weighted by atomic mass is 16.4. The van der Waals surface area contributed by atoms with Gasteiger partial charge in [0.25, 0.3) is 0 Å². The fourth-order valence-corrected chi connectivity index (χ4v) is 3.67. The number of aromatic nitrogens is 2. The van der Waals surface area contributed by atoms with Crippen molar-refractivity contribution >= 4 is 17.0 Å². The van der Waals surface area contributed by atoms with Crippen molar-refractivity contribution in [1.29, 1.82) is 0 Å². The Balaban J connectivity index is 2.10. The monoisotopic (exact) mass is 341 g/mol. The van der Waals surface area contributed by atoms with Crippen LogP contribution in [0.3, 0.4) is 0 Å². The van der Waals surface area contributed by atoms with Crippen LogP contribution >= 0.6 is 0 Å². The summed E-state index contributed by atoms with van der Waals surface area (Å²) in [4.78, 5) is 26.6. The summed E-state index contributed by atoms with van der Waals surface area (Å²) >= 11 is 0. The molecule has 0 bridgehead atoms. The van der Waals surface area contributed by atoms with E-state index in [0.29, 0.717) is 18.1 Å². The van der Waals surface area contributed by atoms with E-state index in [1.165, 1.54) is 0 Å². The summed E-state index contributed by atoms with van der Waals surface area (Å²) in [6.45, 7) is 6.80. The van der Waals surface area contributed by atoms with E-state index in [4.69, 9.17) is 0 Å². The molecule has 0 radical (unpaired) electrons. The summed E-state index contributed by atoms with van der Waals surface area (Å²) in [5, 5.41) is 9.25. The maximum absolute atomic E-state index is 13.0. The lowest BCUT2D eigenvalue weighted by atomic mass is 10.2. The first kappa shape index (κ1) is 17.3. The number of imidazole rings is 1. The SMILES string of the molecule is CC#CCn1c(=O)n(CC2CCCN2CC)c2ccc(C(=O)O)cc21. The molecule has 0 amide bonds. The van der Waals surface area contributed by atoms with Gasteiger partial charge >= 0.3 is 11.7 Å². The number of benzene rings is 1. The molecule has 2 aromatic rings. The zero-order chi connectivity index (χ0) is 18.0. The van der Waals surface area contributed by atoms with E-state index in [1.807, 2.05) is 0 Å². The van der Waals surface area contributed by atoms with Crippen molar-refractivity contribution in [2.24, 2.45) is 0 Å². The predicted octanol–water partition coefficient (Wildman–Crippen LogP) is 2.01. The number of fused-ring (bicyclic) bond motifs is 1. The van der Waals surface area contributed by atoms with Crippen LogP contribution in [-0.2, 0) is 13.1 Å². The van der Waals surface area contributed by atoms with Gasteiger partial charge in [0.1, 0.15) is 0 Å². The lowest BCUT2D eigenvalue weighted by molar-refractivity contribution is 0.0697. The Morgan fingerprint density at radius 3 is 2.80 bits per heavy atom. The highest BCUT2D eigenvalue weighted by Crippen LogP contribution is 2.21. The largest absolute Gasteiger partial charge is 0.478 e. The summed E-state index contributed by atoms with van der Waals surface area (Å²) in [5.74, 6) is 4.72. The van der Waals surface area contributed by atoms with Crippen molar-refractivity contribution in [1.82, 2.24) is 14.0 Å². The van der Waals surface area contributed by atoms with Crippen molar-refractivity contribution in [2.75, 3.05) is 13.1 Å². The van der Waals surface area contributed by atoms with Gasteiger partial charge in [-0.25, -0.2) is 9.59 Å². The third-order valence-electron chi connectivity index (χ3n) is 4.98. The molecule has 1 aliphatic rings. The number of hydrogen-bond donors (Lipinski definition) is 1. The van der Waals surface area contributed by atoms with E-state index in [2.05, 4.69) is 23.7 Å². The maximum atomic E-state index is 13.0. The Bertz CT molecular complexity index is 914. The average Bonchev–Trinajstić information content (AvgIpc) is 3.16. The second-order valence-electron chi connectivity index (χ2n) is 6.34. The zero-order valence-electron chi connectivity index (χ0n) is 14.7. The van der Waals surface area contributed by atoms with Crippen molar-refractivity contribution in [2.45, 2.75) is 45.8 Å². The minimum absolute atomic E-state index is 0.122. The molecule has 1 aromatic carbocycles. The van der Waals surface area contributed by atoms with E-state index in [-0.39, 0.29) is 17.8 Å². The molecule has 1 unspecified atom stereocenters. The normalized spacial score (nSPS) is 17.6. The summed E-state index contributed by atoms with van der Waals surface area (Å²) in [5.41, 5.74) is 1.46. The van der Waals surface area contributed by atoms with Gasteiger partial charge in [-0.15, -0.1) is 5.92 Å². The molecule has 2 heterocycles. The van der Waals surface area contributed by atoms with Crippen LogP contribution in [0.5, 0.6) is 0 Å². The van der Waals surface area contributed by atoms with Crippen LogP contribution in [0.15, 0.2) is 23.0 Å². The molecule has 1 aliphatic heterocycles. The second-order valence-corrected chi connectivity index (χ2v) is 6.34. The number of hydrogen-bond acceptors (Lipinski definition) is 3. The number of carboxylic acids is 1. The van der Waals surface area contributed by atoms with E-state index in [9.17, 15) is 14.7 Å². The summed E-state index contributed by atoms with van der Waals surface area (Å²) < 4.78 is 3.35. The van der Waals surface area contributed by atoms with Gasteiger partial charge in [0.15, 0.2) is 0 Å². The minimum atomic E-state index is -0.997. The van der Waals surface area contributed by atoms with Crippen LogP contribution in [0.25, 0.3) is 11.0 Å². The Kier molecular flexibility index (Phi) is 4.95. The van der Waals surface area contributed by atoms with Crippen LogP contribution in [0.4, 0.5) is 0 Å². The van der Waals surface area contributed by atoms with Crippen molar-refractivity contribution in [3.63, 3.8) is 0 Å². The van der Waals surface area contributed by atoms with Crippen LogP contribution in [0, 0.1) is 11.8 Å². The molecular formula is C19H23N3O3. The van der Waals surface area contributed by atoms with Crippen molar-refractivity contribution in [3.8, 4) is 11.8 Å². The number of nitrogens with zero attached hydrogens (tertiary/aromatic N) is 3. The van der Waals surface area contributed by atoms with E-state index < -0.39 is 5.97 Å². The number of likely N-dealkylation sites (N-methyl/N-ethyl adjacent to an activating group) is 1. The van der Waals surface area contributed by atoms with Gasteiger partial charge in [0.2, 0.25) is 0 Å². The van der Waals surface area contributed by atoms with Crippen LogP contribution in [0.2, 0.25) is 0 Å². The second kappa shape index (κ2) is 7.16. The number of rotatable bonds is 5. The molecule has 1 saturated heterocycles. The summed E-state index contributed by atoms with van der Waals surface area (Å²) in [6.07, 6.45) is 2.23. The maximum Gasteiger partial charge on any atom is 0.335 e. The van der Waals surface area contributed by atoms with Crippen LogP contribution in [-0.4, -0.2) is 44.2 Å². The average molecular weight is 341 g/mol. The number of likely N-dealkylation sites (tertiary alicyclic amines) is 1. The van der Waals surface area contributed by atoms with Crippen LogP contribution < -0.4 is 5.69 Å². The lowest BCUT2D eigenvalue weighted by Crippen LogP contribution is -2.36. The molecular weight excluding hydrogens is 318 g/mol. The molecule has 1 N–H and O–H groups in total. The minimum Gasteiger partial charge on any atom is -0.478 e. The van der Waals surface area contributed by atoms with Gasteiger partial charge in [-0.3, -0.25) is 14.0 Å². The van der Waals surface area contributed by atoms with Gasteiger partial charge in [0.05, 0.1) is 23.1 Å². The number of aromatic carboxylic acids is 1. The molecule has 0 aliphatic carbocycles. The molecule has 25 heavy (non-hydrogen) atoms. The molecule has 132 valence electrons. The Morgan fingerprint density at radius 2 is 2.12 bits per heavy atom. The molecule has 0 saturated carbocycles. The first-order chi connectivity index (χ1) is 12.1. The van der Waals surface area contributed by atoms with Gasteiger partial charge in [-0.1, -0.05) is 12.8 Å². The standard InChI is InChI=1S/C19H23N3O3/c1-3-5-11-21-17-12-14(18(23)24)8-9-16(17)22(19(21)25)13-15-7-6-10-20(15)4-2/h8-9,12,15H,4,6-7,10-11,13H2,1-2H3,(H,23,24). The lowest BCUT2D eigenvalue weighted by Gasteiger charge is -2.22. The number of carboxylic acid groups (broad SMARTS) is 1. The molecule has 1 atom stereocenters. The molecule has 1 fully saturated rings. The quantitative estimate of drug-likeness (QED) is 0.845. The predicted molar refractivity (Wildman–Crippen MR) is 96.9 cm³/mol. The topological polar surface area (TPSA) is 67.5 Å². The van der Waals surface area contributed by atoms with Gasteiger partial charge in [-0.05, 0) is 51.1 Å². The molecule has 3 rings (SSSR count). The fraction of sp³-hybridized carbons (Fsp3) is 0.474. The number of carbonyl (C=O) groups is 1. The van der Waals surface area contributed by atoms with Gasteiger partial charge in [0, 0.05) is 12.6 Å². The van der Waals surface area contributed by atoms with Gasteiger partial charge in [-0.2, -0.15) is 0 Å². The zero-order valence-corrected chi connectivity index (χ0v) is 14.7. The van der Waals surface area contributed by atoms with Gasteiger partial charge < -0.3 is 5.11 Å². The Morgan fingerprint density at radius 1 is 1.32 bits per heavy atom. The molecule has 1 aromatic heterocycles. The smallest absolute Gasteiger partial charge is 0.335 e. The molecule has 6 heteroatoms. The van der Waals surface area contributed by atoms with Crippen molar-refractivity contribution in [3.05, 3.63) is 34.2 Å². The highest BCUT2D eigenvalue weighted by Gasteiger charge is 2.25.